The first kappa shape index (κ1) is 15.7. The van der Waals surface area contributed by atoms with Crippen LogP contribution in [0.15, 0.2) is 18.3 Å². The van der Waals surface area contributed by atoms with E-state index in [2.05, 4.69) is 14.8 Å². The SMILES string of the molecule is CCN(C)C(=O)CN1CCN(c2ccc(CN)cn2)CC1. The fourth-order valence-corrected chi connectivity index (χ4v) is 2.35. The minimum Gasteiger partial charge on any atom is -0.354 e. The summed E-state index contributed by atoms with van der Waals surface area (Å²) in [4.78, 5) is 22.6. The molecule has 1 aliphatic rings. The zero-order valence-electron chi connectivity index (χ0n) is 13.0. The molecule has 2 rings (SSSR count). The highest BCUT2D eigenvalue weighted by Gasteiger charge is 2.20. The quantitative estimate of drug-likeness (QED) is 0.836. The van der Waals surface area contributed by atoms with Crippen LogP contribution >= 0.6 is 0 Å². The van der Waals surface area contributed by atoms with Gasteiger partial charge in [0, 0.05) is 52.5 Å². The number of likely N-dealkylation sites (N-methyl/N-ethyl adjacent to an activating group) is 1. The van der Waals surface area contributed by atoms with Gasteiger partial charge in [0.15, 0.2) is 0 Å². The van der Waals surface area contributed by atoms with E-state index in [-0.39, 0.29) is 5.91 Å². The Balaban J connectivity index is 1.83. The van der Waals surface area contributed by atoms with Crippen LogP contribution in [0, 0.1) is 0 Å². The summed E-state index contributed by atoms with van der Waals surface area (Å²) in [6, 6.07) is 4.04. The van der Waals surface area contributed by atoms with Crippen molar-refractivity contribution in [3.05, 3.63) is 23.9 Å². The molecule has 0 bridgehead atoms. The van der Waals surface area contributed by atoms with E-state index in [9.17, 15) is 4.79 Å². The highest BCUT2D eigenvalue weighted by molar-refractivity contribution is 5.77. The number of pyridine rings is 1. The molecule has 1 aromatic rings. The maximum Gasteiger partial charge on any atom is 0.236 e. The van der Waals surface area contributed by atoms with Crippen molar-refractivity contribution >= 4 is 11.7 Å². The zero-order chi connectivity index (χ0) is 15.2. The molecule has 1 saturated heterocycles. The minimum atomic E-state index is 0.191. The van der Waals surface area contributed by atoms with E-state index in [0.29, 0.717) is 13.1 Å². The van der Waals surface area contributed by atoms with Crippen LogP contribution in [0.3, 0.4) is 0 Å². The third-order valence-electron chi connectivity index (χ3n) is 4.00. The number of rotatable bonds is 5. The molecule has 2 N–H and O–H groups in total. The summed E-state index contributed by atoms with van der Waals surface area (Å²) in [7, 11) is 1.85. The molecule has 0 radical (unpaired) electrons. The number of carbonyl (C=O) groups is 1. The zero-order valence-corrected chi connectivity index (χ0v) is 13.0. The lowest BCUT2D eigenvalue weighted by Crippen LogP contribution is -2.49. The Bertz CT molecular complexity index is 454. The van der Waals surface area contributed by atoms with Crippen LogP contribution in [0.1, 0.15) is 12.5 Å². The molecule has 0 aromatic carbocycles. The third-order valence-corrected chi connectivity index (χ3v) is 4.00. The van der Waals surface area contributed by atoms with Crippen LogP contribution in [0.25, 0.3) is 0 Å². The first-order valence-corrected chi connectivity index (χ1v) is 7.50. The molecular weight excluding hydrogens is 266 g/mol. The van der Waals surface area contributed by atoms with Crippen LogP contribution in [0.2, 0.25) is 0 Å². The summed E-state index contributed by atoms with van der Waals surface area (Å²) < 4.78 is 0. The van der Waals surface area contributed by atoms with Crippen molar-refractivity contribution in [1.82, 2.24) is 14.8 Å². The fraction of sp³-hybridized carbons (Fsp3) is 0.600. The number of hydrogen-bond donors (Lipinski definition) is 1. The van der Waals surface area contributed by atoms with E-state index >= 15 is 0 Å². The van der Waals surface area contributed by atoms with E-state index in [1.807, 2.05) is 32.3 Å². The lowest BCUT2D eigenvalue weighted by Gasteiger charge is -2.35. The average Bonchev–Trinajstić information content (AvgIpc) is 2.55. The van der Waals surface area contributed by atoms with Crippen molar-refractivity contribution in [2.24, 2.45) is 5.73 Å². The Labute approximate surface area is 126 Å². The normalized spacial score (nSPS) is 16.0. The van der Waals surface area contributed by atoms with E-state index in [1.54, 1.807) is 4.90 Å². The molecule has 2 heterocycles. The first-order valence-electron chi connectivity index (χ1n) is 7.50. The second kappa shape index (κ2) is 7.38. The molecule has 116 valence electrons. The van der Waals surface area contributed by atoms with Gasteiger partial charge in [0.05, 0.1) is 6.54 Å². The average molecular weight is 291 g/mol. The van der Waals surface area contributed by atoms with Gasteiger partial charge in [-0.2, -0.15) is 0 Å². The van der Waals surface area contributed by atoms with Crippen LogP contribution < -0.4 is 10.6 Å². The molecule has 1 amide bonds. The van der Waals surface area contributed by atoms with Crippen molar-refractivity contribution in [1.29, 1.82) is 0 Å². The number of nitrogens with zero attached hydrogens (tertiary/aromatic N) is 4. The minimum absolute atomic E-state index is 0.191. The van der Waals surface area contributed by atoms with Gasteiger partial charge < -0.3 is 15.5 Å². The Hall–Kier alpha value is -1.66. The van der Waals surface area contributed by atoms with E-state index in [0.717, 1.165) is 44.1 Å². The van der Waals surface area contributed by atoms with Gasteiger partial charge >= 0.3 is 0 Å². The summed E-state index contributed by atoms with van der Waals surface area (Å²) in [6.45, 7) is 7.37. The summed E-state index contributed by atoms with van der Waals surface area (Å²) in [5.41, 5.74) is 6.63. The monoisotopic (exact) mass is 291 g/mol. The summed E-state index contributed by atoms with van der Waals surface area (Å²) in [5.74, 6) is 1.18. The topological polar surface area (TPSA) is 65.7 Å². The molecular formula is C15H25N5O. The standard InChI is InChI=1S/C15H25N5O/c1-3-18(2)15(21)12-19-6-8-20(9-7-19)14-5-4-13(10-16)11-17-14/h4-5,11H,3,6-10,12,16H2,1-2H3. The highest BCUT2D eigenvalue weighted by atomic mass is 16.2. The number of carbonyl (C=O) groups excluding carboxylic acids is 1. The van der Waals surface area contributed by atoms with Gasteiger partial charge in [0.1, 0.15) is 5.82 Å². The van der Waals surface area contributed by atoms with Gasteiger partial charge in [-0.3, -0.25) is 9.69 Å². The number of anilines is 1. The second-order valence-corrected chi connectivity index (χ2v) is 5.40. The van der Waals surface area contributed by atoms with Crippen molar-refractivity contribution in [2.75, 3.05) is 51.2 Å². The Morgan fingerprint density at radius 1 is 1.33 bits per heavy atom. The van der Waals surface area contributed by atoms with Crippen molar-refractivity contribution in [3.8, 4) is 0 Å². The Morgan fingerprint density at radius 3 is 2.57 bits per heavy atom. The van der Waals surface area contributed by atoms with Gasteiger partial charge in [-0.15, -0.1) is 0 Å². The molecule has 0 atom stereocenters. The van der Waals surface area contributed by atoms with Crippen molar-refractivity contribution in [2.45, 2.75) is 13.5 Å². The van der Waals surface area contributed by atoms with Crippen molar-refractivity contribution < 1.29 is 4.79 Å². The van der Waals surface area contributed by atoms with Crippen LogP contribution in [0.5, 0.6) is 0 Å². The number of piperazine rings is 1. The molecule has 21 heavy (non-hydrogen) atoms. The highest BCUT2D eigenvalue weighted by Crippen LogP contribution is 2.14. The molecule has 0 unspecified atom stereocenters. The molecule has 0 spiro atoms. The second-order valence-electron chi connectivity index (χ2n) is 5.40. The van der Waals surface area contributed by atoms with Gasteiger partial charge in [0.2, 0.25) is 5.91 Å². The van der Waals surface area contributed by atoms with E-state index < -0.39 is 0 Å². The number of nitrogens with two attached hydrogens (primary N) is 1. The van der Waals surface area contributed by atoms with Crippen LogP contribution in [-0.2, 0) is 11.3 Å². The predicted octanol–water partition coefficient (Wildman–Crippen LogP) is 0.141. The van der Waals surface area contributed by atoms with Crippen LogP contribution in [-0.4, -0.2) is 67.0 Å². The smallest absolute Gasteiger partial charge is 0.236 e. The van der Waals surface area contributed by atoms with Gasteiger partial charge in [-0.05, 0) is 18.6 Å². The molecule has 0 aliphatic carbocycles. The molecule has 6 heteroatoms. The number of hydrogen-bond acceptors (Lipinski definition) is 5. The lowest BCUT2D eigenvalue weighted by molar-refractivity contribution is -0.131. The van der Waals surface area contributed by atoms with E-state index in [4.69, 9.17) is 5.73 Å². The summed E-state index contributed by atoms with van der Waals surface area (Å²) in [5, 5.41) is 0. The van der Waals surface area contributed by atoms with Crippen molar-refractivity contribution in [3.63, 3.8) is 0 Å². The largest absolute Gasteiger partial charge is 0.354 e. The molecule has 1 fully saturated rings. The van der Waals surface area contributed by atoms with Gasteiger partial charge in [-0.25, -0.2) is 4.98 Å². The predicted molar refractivity (Wildman–Crippen MR) is 84.1 cm³/mol. The fourth-order valence-electron chi connectivity index (χ4n) is 2.35. The summed E-state index contributed by atoms with van der Waals surface area (Å²) in [6.07, 6.45) is 1.83. The molecule has 0 saturated carbocycles. The Morgan fingerprint density at radius 2 is 2.05 bits per heavy atom. The maximum absolute atomic E-state index is 11.9. The molecule has 1 aromatic heterocycles. The third kappa shape index (κ3) is 4.15. The summed E-state index contributed by atoms with van der Waals surface area (Å²) >= 11 is 0. The van der Waals surface area contributed by atoms with E-state index in [1.165, 1.54) is 0 Å². The molecule has 1 aliphatic heterocycles. The first-order chi connectivity index (χ1) is 10.1. The molecule has 6 nitrogen and oxygen atoms in total. The maximum atomic E-state index is 11.9. The van der Waals surface area contributed by atoms with Gasteiger partial charge in [0.25, 0.3) is 0 Å². The lowest BCUT2D eigenvalue weighted by atomic mass is 10.2. The van der Waals surface area contributed by atoms with Crippen LogP contribution in [0.4, 0.5) is 5.82 Å². The Kier molecular flexibility index (Phi) is 5.52. The number of aromatic nitrogens is 1. The van der Waals surface area contributed by atoms with Gasteiger partial charge in [-0.1, -0.05) is 6.07 Å². The number of amides is 1.